The Balaban J connectivity index is 1.41. The summed E-state index contributed by atoms with van der Waals surface area (Å²) in [6.07, 6.45) is 2.24. The number of hydrogen-bond donors (Lipinski definition) is 0. The smallest absolute Gasteiger partial charge is 0.365 e. The third-order valence-corrected chi connectivity index (χ3v) is 5.96. The van der Waals surface area contributed by atoms with Crippen LogP contribution in [0, 0.1) is 12.3 Å². The van der Waals surface area contributed by atoms with E-state index in [1.165, 1.54) is 29.0 Å². The predicted molar refractivity (Wildman–Crippen MR) is 116 cm³/mol. The first-order valence-corrected chi connectivity index (χ1v) is 10.4. The van der Waals surface area contributed by atoms with Gasteiger partial charge in [-0.15, -0.1) is 6.42 Å². The molecule has 2 aliphatic heterocycles. The lowest BCUT2D eigenvalue weighted by molar-refractivity contribution is -0.137. The molecule has 2 heterocycles. The molecule has 0 fully saturated rings. The molecule has 0 unspecified atom stereocenters. The summed E-state index contributed by atoms with van der Waals surface area (Å²) in [4.78, 5) is 6.99. The third-order valence-electron chi connectivity index (χ3n) is 5.96. The van der Waals surface area contributed by atoms with E-state index in [0.29, 0.717) is 6.54 Å². The highest BCUT2D eigenvalue weighted by atomic mass is 19.4. The maximum absolute atomic E-state index is 12.8. The van der Waals surface area contributed by atoms with Gasteiger partial charge in [0.15, 0.2) is 0 Å². The fourth-order valence-electron chi connectivity index (χ4n) is 4.50. The summed E-state index contributed by atoms with van der Waals surface area (Å²) in [5.41, 5.74) is 5.19. The van der Waals surface area contributed by atoms with Gasteiger partial charge in [-0.05, 0) is 41.0 Å². The van der Waals surface area contributed by atoms with Gasteiger partial charge in [-0.25, -0.2) is 0 Å². The molecule has 3 nitrogen and oxygen atoms in total. The number of nitrogens with zero attached hydrogens (tertiary/aromatic N) is 3. The van der Waals surface area contributed by atoms with Gasteiger partial charge in [0.2, 0.25) is 0 Å². The van der Waals surface area contributed by atoms with E-state index in [2.05, 4.69) is 39.8 Å². The van der Waals surface area contributed by atoms with E-state index in [0.717, 1.165) is 50.4 Å². The van der Waals surface area contributed by atoms with Gasteiger partial charge in [-0.1, -0.05) is 30.2 Å². The maximum atomic E-state index is 12.8. The minimum Gasteiger partial charge on any atom is -0.365 e. The summed E-state index contributed by atoms with van der Waals surface area (Å²) in [7, 11) is 2.10. The molecule has 31 heavy (non-hydrogen) atoms. The zero-order chi connectivity index (χ0) is 22.0. The molecule has 0 saturated heterocycles. The summed E-state index contributed by atoms with van der Waals surface area (Å²) < 4.78 is 38.4. The predicted octanol–water partition coefficient (Wildman–Crippen LogP) is 4.55. The third kappa shape index (κ3) is 5.12. The van der Waals surface area contributed by atoms with Crippen LogP contribution in [0.25, 0.3) is 0 Å². The number of alkyl halides is 3. The molecule has 0 N–H and O–H groups in total. The van der Waals surface area contributed by atoms with Crippen molar-refractivity contribution in [3.8, 4) is 12.3 Å². The number of benzene rings is 2. The van der Waals surface area contributed by atoms with Gasteiger partial charge in [0.1, 0.15) is 0 Å². The highest BCUT2D eigenvalue weighted by molar-refractivity contribution is 5.35. The lowest BCUT2D eigenvalue weighted by Crippen LogP contribution is -2.47. The molecular formula is C25H26F3N3. The zero-order valence-corrected chi connectivity index (χ0v) is 17.6. The number of rotatable bonds is 4. The van der Waals surface area contributed by atoms with Crippen molar-refractivity contribution >= 4 is 0 Å². The standard InChI is InChI=1S/C25H26F3N3/c1-3-19-5-4-6-21(13-19)15-30-12-11-24-22(16-30)17-31(18-29(24)2)14-20-7-9-23(10-8-20)25(26,27)28/h1,4-10,13H,11-12,14-18H2,2H3. The van der Waals surface area contributed by atoms with Crippen LogP contribution in [0.3, 0.4) is 0 Å². The van der Waals surface area contributed by atoms with Crippen molar-refractivity contribution in [2.24, 2.45) is 0 Å². The van der Waals surface area contributed by atoms with Crippen molar-refractivity contribution in [2.45, 2.75) is 25.7 Å². The Bertz CT molecular complexity index is 1000. The Kier molecular flexibility index (Phi) is 6.08. The van der Waals surface area contributed by atoms with Crippen LogP contribution in [0.5, 0.6) is 0 Å². The molecule has 0 amide bonds. The largest absolute Gasteiger partial charge is 0.416 e. The van der Waals surface area contributed by atoms with E-state index >= 15 is 0 Å². The number of terminal acetylenes is 1. The lowest BCUT2D eigenvalue weighted by Gasteiger charge is -2.43. The molecule has 0 aromatic heterocycles. The van der Waals surface area contributed by atoms with Gasteiger partial charge in [0.05, 0.1) is 12.2 Å². The van der Waals surface area contributed by atoms with Gasteiger partial charge >= 0.3 is 6.18 Å². The van der Waals surface area contributed by atoms with Crippen molar-refractivity contribution in [3.05, 3.63) is 82.1 Å². The second-order valence-electron chi connectivity index (χ2n) is 8.38. The van der Waals surface area contributed by atoms with Crippen LogP contribution in [0.15, 0.2) is 59.8 Å². The van der Waals surface area contributed by atoms with E-state index in [1.807, 2.05) is 12.1 Å². The average Bonchev–Trinajstić information content (AvgIpc) is 2.73. The summed E-state index contributed by atoms with van der Waals surface area (Å²) >= 11 is 0. The molecule has 0 radical (unpaired) electrons. The van der Waals surface area contributed by atoms with E-state index in [4.69, 9.17) is 6.42 Å². The summed E-state index contributed by atoms with van der Waals surface area (Å²) in [6, 6.07) is 13.6. The van der Waals surface area contributed by atoms with Gasteiger partial charge in [0, 0.05) is 57.5 Å². The minimum atomic E-state index is -4.30. The number of hydrogen-bond acceptors (Lipinski definition) is 3. The van der Waals surface area contributed by atoms with Gasteiger partial charge < -0.3 is 4.90 Å². The zero-order valence-electron chi connectivity index (χ0n) is 17.6. The molecule has 2 aromatic rings. The van der Waals surface area contributed by atoms with E-state index in [-0.39, 0.29) is 0 Å². The highest BCUT2D eigenvalue weighted by Gasteiger charge is 2.30. The van der Waals surface area contributed by atoms with Crippen molar-refractivity contribution < 1.29 is 13.2 Å². The van der Waals surface area contributed by atoms with Gasteiger partial charge in [-0.2, -0.15) is 13.2 Å². The SMILES string of the molecule is C#Cc1cccc(CN2CCC3=C(C2)CN(Cc2ccc(C(F)(F)F)cc2)CN3C)c1. The van der Waals surface area contributed by atoms with Crippen molar-refractivity contribution in [3.63, 3.8) is 0 Å². The Morgan fingerprint density at radius 1 is 0.968 bits per heavy atom. The number of halogens is 3. The first-order chi connectivity index (χ1) is 14.8. The van der Waals surface area contributed by atoms with E-state index < -0.39 is 11.7 Å². The first-order valence-electron chi connectivity index (χ1n) is 10.4. The molecule has 6 heteroatoms. The maximum Gasteiger partial charge on any atom is 0.416 e. The van der Waals surface area contributed by atoms with Crippen molar-refractivity contribution in [2.75, 3.05) is 33.4 Å². The Morgan fingerprint density at radius 2 is 1.68 bits per heavy atom. The van der Waals surface area contributed by atoms with Crippen LogP contribution < -0.4 is 0 Å². The normalized spacial score (nSPS) is 18.1. The van der Waals surface area contributed by atoms with Gasteiger partial charge in [-0.3, -0.25) is 9.80 Å². The topological polar surface area (TPSA) is 9.72 Å². The fraction of sp³-hybridized carbons (Fsp3) is 0.360. The molecule has 2 aliphatic rings. The summed E-state index contributed by atoms with van der Waals surface area (Å²) in [6.45, 7) is 5.00. The van der Waals surface area contributed by atoms with Gasteiger partial charge in [0.25, 0.3) is 0 Å². The molecule has 0 aliphatic carbocycles. The second kappa shape index (κ2) is 8.78. The molecular weight excluding hydrogens is 399 g/mol. The van der Waals surface area contributed by atoms with E-state index in [9.17, 15) is 13.2 Å². The van der Waals surface area contributed by atoms with Crippen LogP contribution in [-0.2, 0) is 19.3 Å². The molecule has 0 saturated carbocycles. The highest BCUT2D eigenvalue weighted by Crippen LogP contribution is 2.30. The Hall–Kier alpha value is -2.75. The monoisotopic (exact) mass is 425 g/mol. The summed E-state index contributed by atoms with van der Waals surface area (Å²) in [5.74, 6) is 2.69. The molecule has 2 aromatic carbocycles. The van der Waals surface area contributed by atoms with Crippen LogP contribution in [0.2, 0.25) is 0 Å². The lowest BCUT2D eigenvalue weighted by atomic mass is 10.0. The van der Waals surface area contributed by atoms with Crippen molar-refractivity contribution in [1.82, 2.24) is 14.7 Å². The molecule has 4 rings (SSSR count). The van der Waals surface area contributed by atoms with Crippen LogP contribution >= 0.6 is 0 Å². The van der Waals surface area contributed by atoms with Crippen molar-refractivity contribution in [1.29, 1.82) is 0 Å². The molecule has 162 valence electrons. The Labute approximate surface area is 181 Å². The first kappa shape index (κ1) is 21.5. The van der Waals surface area contributed by atoms with E-state index in [1.54, 1.807) is 12.1 Å². The molecule has 0 atom stereocenters. The second-order valence-corrected chi connectivity index (χ2v) is 8.38. The molecule has 0 spiro atoms. The Morgan fingerprint density at radius 3 is 2.39 bits per heavy atom. The molecule has 0 bridgehead atoms. The fourth-order valence-corrected chi connectivity index (χ4v) is 4.50. The average molecular weight is 425 g/mol. The van der Waals surface area contributed by atoms with Crippen LogP contribution in [0.1, 0.15) is 28.7 Å². The minimum absolute atomic E-state index is 0.603. The quantitative estimate of drug-likeness (QED) is 0.666. The van der Waals surface area contributed by atoms with Crippen LogP contribution in [0.4, 0.5) is 13.2 Å². The summed E-state index contributed by atoms with van der Waals surface area (Å²) in [5, 5.41) is 0. The van der Waals surface area contributed by atoms with Crippen LogP contribution in [-0.4, -0.2) is 48.1 Å².